The number of benzene rings is 1. The molecule has 0 radical (unpaired) electrons. The predicted octanol–water partition coefficient (Wildman–Crippen LogP) is 3.38. The van der Waals surface area contributed by atoms with Crippen LogP contribution in [0.3, 0.4) is 0 Å². The van der Waals surface area contributed by atoms with Crippen LogP contribution in [-0.4, -0.2) is 31.5 Å². The second-order valence-corrected chi connectivity index (χ2v) is 4.33. The first kappa shape index (κ1) is 17.5. The topological polar surface area (TPSA) is 27.6 Å². The largest absolute Gasteiger partial charge is 0.356 e. The fraction of sp³-hybridized carbons (Fsp3) is 0.462. The number of nitrogens with one attached hydrogen (secondary N) is 1. The number of guanidine groups is 1. The minimum absolute atomic E-state index is 0. The van der Waals surface area contributed by atoms with E-state index in [1.165, 1.54) is 0 Å². The average Bonchev–Trinajstić information content (AvgIpc) is 2.33. The maximum Gasteiger partial charge on any atom is 0.193 e. The van der Waals surface area contributed by atoms with Gasteiger partial charge in [0.2, 0.25) is 0 Å². The van der Waals surface area contributed by atoms with Gasteiger partial charge in [0.1, 0.15) is 0 Å². The zero-order chi connectivity index (χ0) is 12.7. The van der Waals surface area contributed by atoms with Gasteiger partial charge in [-0.15, -0.1) is 24.0 Å². The van der Waals surface area contributed by atoms with Crippen LogP contribution in [0.25, 0.3) is 0 Å². The molecular weight excluding hydrogens is 361 g/mol. The number of halogens is 2. The molecule has 0 aliphatic rings. The van der Waals surface area contributed by atoms with E-state index in [1.807, 2.05) is 31.3 Å². The quantitative estimate of drug-likeness (QED) is 0.492. The molecule has 0 unspecified atom stereocenters. The minimum Gasteiger partial charge on any atom is -0.356 e. The Morgan fingerprint density at radius 1 is 1.39 bits per heavy atom. The predicted molar refractivity (Wildman–Crippen MR) is 90.0 cm³/mol. The maximum absolute atomic E-state index is 6.13. The summed E-state index contributed by atoms with van der Waals surface area (Å²) in [4.78, 5) is 6.31. The monoisotopic (exact) mass is 381 g/mol. The lowest BCUT2D eigenvalue weighted by Crippen LogP contribution is -2.38. The Kier molecular flexibility index (Phi) is 9.18. The fourth-order valence-electron chi connectivity index (χ4n) is 1.58. The molecule has 0 saturated carbocycles. The minimum atomic E-state index is 0. The summed E-state index contributed by atoms with van der Waals surface area (Å²) in [6.45, 7) is 3.82. The molecule has 0 fully saturated rings. The van der Waals surface area contributed by atoms with Crippen molar-refractivity contribution >= 4 is 41.5 Å². The number of aliphatic imine (C=N–C) groups is 1. The summed E-state index contributed by atoms with van der Waals surface area (Å²) in [6, 6.07) is 7.88. The molecule has 5 heteroatoms. The average molecular weight is 382 g/mol. The highest BCUT2D eigenvalue weighted by Gasteiger charge is 2.07. The summed E-state index contributed by atoms with van der Waals surface area (Å²) in [6.07, 6.45) is 1.08. The van der Waals surface area contributed by atoms with Gasteiger partial charge in [-0.2, -0.15) is 0 Å². The lowest BCUT2D eigenvalue weighted by Gasteiger charge is -2.22. The summed E-state index contributed by atoms with van der Waals surface area (Å²) in [5, 5.41) is 4.09. The van der Waals surface area contributed by atoms with Crippen LogP contribution in [0.2, 0.25) is 5.02 Å². The second kappa shape index (κ2) is 9.44. The van der Waals surface area contributed by atoms with E-state index in [0.29, 0.717) is 0 Å². The summed E-state index contributed by atoms with van der Waals surface area (Å²) in [7, 11) is 3.80. The first-order chi connectivity index (χ1) is 8.19. The van der Waals surface area contributed by atoms with Crippen LogP contribution >= 0.6 is 35.6 Å². The molecule has 3 nitrogen and oxygen atoms in total. The van der Waals surface area contributed by atoms with E-state index in [-0.39, 0.29) is 24.0 Å². The van der Waals surface area contributed by atoms with Gasteiger partial charge in [0.05, 0.1) is 0 Å². The summed E-state index contributed by atoms with van der Waals surface area (Å²) < 4.78 is 0. The fourth-order valence-corrected chi connectivity index (χ4v) is 1.77. The molecule has 0 saturated heterocycles. The highest BCUT2D eigenvalue weighted by Crippen LogP contribution is 2.16. The Balaban J connectivity index is 0.00000289. The second-order valence-electron chi connectivity index (χ2n) is 3.92. The van der Waals surface area contributed by atoms with Crippen LogP contribution < -0.4 is 5.32 Å². The van der Waals surface area contributed by atoms with Crippen molar-refractivity contribution in [3.63, 3.8) is 0 Å². The summed E-state index contributed by atoms with van der Waals surface area (Å²) >= 11 is 6.13. The van der Waals surface area contributed by atoms with Crippen molar-refractivity contribution in [1.29, 1.82) is 0 Å². The van der Waals surface area contributed by atoms with E-state index in [0.717, 1.165) is 36.1 Å². The zero-order valence-corrected chi connectivity index (χ0v) is 14.2. The third kappa shape index (κ3) is 5.44. The van der Waals surface area contributed by atoms with Gasteiger partial charge in [-0.1, -0.05) is 36.7 Å². The SMILES string of the molecule is CCCNC(=NC)N(C)Cc1ccccc1Cl.I. The molecule has 0 amide bonds. The Hall–Kier alpha value is -0.490. The van der Waals surface area contributed by atoms with Crippen LogP contribution in [0.5, 0.6) is 0 Å². The number of hydrogen-bond donors (Lipinski definition) is 1. The molecule has 1 aromatic rings. The normalized spacial score (nSPS) is 10.8. The highest BCUT2D eigenvalue weighted by atomic mass is 127. The van der Waals surface area contributed by atoms with Crippen LogP contribution in [0, 0.1) is 0 Å². The van der Waals surface area contributed by atoms with E-state index < -0.39 is 0 Å². The van der Waals surface area contributed by atoms with E-state index in [1.54, 1.807) is 7.05 Å². The molecule has 0 spiro atoms. The van der Waals surface area contributed by atoms with Gasteiger partial charge in [0.15, 0.2) is 5.96 Å². The maximum atomic E-state index is 6.13. The van der Waals surface area contributed by atoms with Gasteiger partial charge in [-0.3, -0.25) is 4.99 Å². The third-order valence-electron chi connectivity index (χ3n) is 2.47. The van der Waals surface area contributed by atoms with Crippen molar-refractivity contribution in [2.45, 2.75) is 19.9 Å². The standard InChI is InChI=1S/C13H20ClN3.HI/c1-4-9-16-13(15-2)17(3)10-11-7-5-6-8-12(11)14;/h5-8H,4,9-10H2,1-3H3,(H,15,16);1H. The van der Waals surface area contributed by atoms with Crippen molar-refractivity contribution in [2.75, 3.05) is 20.6 Å². The van der Waals surface area contributed by atoms with Crippen molar-refractivity contribution in [1.82, 2.24) is 10.2 Å². The number of hydrogen-bond acceptors (Lipinski definition) is 1. The van der Waals surface area contributed by atoms with Crippen LogP contribution in [0.4, 0.5) is 0 Å². The molecule has 102 valence electrons. The number of rotatable bonds is 4. The number of nitrogens with zero attached hydrogens (tertiary/aromatic N) is 2. The van der Waals surface area contributed by atoms with Gasteiger partial charge in [0.25, 0.3) is 0 Å². The molecule has 0 aliphatic heterocycles. The lowest BCUT2D eigenvalue weighted by molar-refractivity contribution is 0.477. The van der Waals surface area contributed by atoms with Gasteiger partial charge in [0, 0.05) is 32.2 Å². The molecule has 0 aromatic heterocycles. The van der Waals surface area contributed by atoms with Gasteiger partial charge >= 0.3 is 0 Å². The van der Waals surface area contributed by atoms with E-state index in [2.05, 4.69) is 22.1 Å². The molecule has 0 bridgehead atoms. The van der Waals surface area contributed by atoms with E-state index in [9.17, 15) is 0 Å². The first-order valence-corrected chi connectivity index (χ1v) is 6.22. The summed E-state index contributed by atoms with van der Waals surface area (Å²) in [5.74, 6) is 0.895. The third-order valence-corrected chi connectivity index (χ3v) is 2.84. The smallest absolute Gasteiger partial charge is 0.193 e. The zero-order valence-electron chi connectivity index (χ0n) is 11.1. The molecular formula is C13H21ClIN3. The lowest BCUT2D eigenvalue weighted by atomic mass is 10.2. The molecule has 18 heavy (non-hydrogen) atoms. The van der Waals surface area contributed by atoms with Crippen LogP contribution in [0.1, 0.15) is 18.9 Å². The first-order valence-electron chi connectivity index (χ1n) is 5.84. The molecule has 1 rings (SSSR count). The van der Waals surface area contributed by atoms with E-state index >= 15 is 0 Å². The van der Waals surface area contributed by atoms with Gasteiger partial charge in [-0.05, 0) is 18.1 Å². The van der Waals surface area contributed by atoms with Crippen molar-refractivity contribution in [3.8, 4) is 0 Å². The van der Waals surface area contributed by atoms with Crippen molar-refractivity contribution in [2.24, 2.45) is 4.99 Å². The Labute approximate surface area is 132 Å². The Morgan fingerprint density at radius 2 is 2.06 bits per heavy atom. The molecule has 0 heterocycles. The Morgan fingerprint density at radius 3 is 2.61 bits per heavy atom. The molecule has 0 aliphatic carbocycles. The van der Waals surface area contributed by atoms with Crippen molar-refractivity contribution in [3.05, 3.63) is 34.9 Å². The Bertz CT molecular complexity index is 382. The van der Waals surface area contributed by atoms with Crippen molar-refractivity contribution < 1.29 is 0 Å². The van der Waals surface area contributed by atoms with E-state index in [4.69, 9.17) is 11.6 Å². The molecule has 1 aromatic carbocycles. The molecule has 1 N–H and O–H groups in total. The van der Waals surface area contributed by atoms with Gasteiger partial charge in [-0.25, -0.2) is 0 Å². The van der Waals surface area contributed by atoms with Gasteiger partial charge < -0.3 is 10.2 Å². The molecule has 0 atom stereocenters. The highest BCUT2D eigenvalue weighted by molar-refractivity contribution is 14.0. The van der Waals surface area contributed by atoms with Crippen LogP contribution in [0.15, 0.2) is 29.3 Å². The van der Waals surface area contributed by atoms with Crippen LogP contribution in [-0.2, 0) is 6.54 Å². The summed E-state index contributed by atoms with van der Waals surface area (Å²) in [5.41, 5.74) is 1.11.